The van der Waals surface area contributed by atoms with E-state index in [4.69, 9.17) is 9.47 Å². The van der Waals surface area contributed by atoms with Crippen LogP contribution in [0.4, 0.5) is 5.69 Å². The summed E-state index contributed by atoms with van der Waals surface area (Å²) in [5.41, 5.74) is 0.702. The predicted octanol–water partition coefficient (Wildman–Crippen LogP) is 2.51. The van der Waals surface area contributed by atoms with Crippen LogP contribution in [0.5, 0.6) is 11.5 Å². The number of nitrogens with zero attached hydrogens (tertiary/aromatic N) is 1. The fraction of sp³-hybridized carbons (Fsp3) is 0.533. The Labute approximate surface area is 114 Å². The van der Waals surface area contributed by atoms with Crippen LogP contribution >= 0.6 is 0 Å². The summed E-state index contributed by atoms with van der Waals surface area (Å²) in [6.45, 7) is 5.30. The van der Waals surface area contributed by atoms with Crippen LogP contribution in [-0.4, -0.2) is 33.1 Å². The number of benzene rings is 1. The summed E-state index contributed by atoms with van der Waals surface area (Å²) in [6.07, 6.45) is 0.853. The highest BCUT2D eigenvalue weighted by Crippen LogP contribution is 2.36. The Bertz CT molecular complexity index is 482. The molecule has 0 unspecified atom stereocenters. The number of hydrogen-bond donors (Lipinski definition) is 0. The molecule has 1 saturated heterocycles. The van der Waals surface area contributed by atoms with Crippen molar-refractivity contribution in [1.82, 2.24) is 0 Å². The van der Waals surface area contributed by atoms with Gasteiger partial charge in [0.1, 0.15) is 11.5 Å². The average Bonchev–Trinajstić information content (AvgIpc) is 2.41. The monoisotopic (exact) mass is 263 g/mol. The molecule has 2 rings (SSSR count). The second-order valence-electron chi connectivity index (χ2n) is 5.52. The fourth-order valence-corrected chi connectivity index (χ4v) is 2.27. The highest BCUT2D eigenvalue weighted by atomic mass is 16.5. The van der Waals surface area contributed by atoms with Gasteiger partial charge >= 0.3 is 0 Å². The Morgan fingerprint density at radius 1 is 1.21 bits per heavy atom. The van der Waals surface area contributed by atoms with E-state index in [-0.39, 0.29) is 11.2 Å². The zero-order valence-electron chi connectivity index (χ0n) is 12.0. The molecular weight excluding hydrogens is 242 g/mol. The second-order valence-corrected chi connectivity index (χ2v) is 5.52. The normalized spacial score (nSPS) is 18.3. The summed E-state index contributed by atoms with van der Waals surface area (Å²) < 4.78 is 10.6. The predicted molar refractivity (Wildman–Crippen MR) is 75.2 cm³/mol. The Balaban J connectivity index is 2.29. The molecule has 104 valence electrons. The van der Waals surface area contributed by atoms with Gasteiger partial charge in [-0.25, -0.2) is 0 Å². The quantitative estimate of drug-likeness (QED) is 0.840. The molecule has 4 heteroatoms. The van der Waals surface area contributed by atoms with Crippen molar-refractivity contribution in [3.05, 3.63) is 18.2 Å². The van der Waals surface area contributed by atoms with Crippen LogP contribution in [0.3, 0.4) is 0 Å². The SMILES string of the molecule is COc1ccc(OC)c(N2CCC(C)(C)C(=O)C2)c1. The third-order valence-corrected chi connectivity index (χ3v) is 3.82. The molecule has 0 atom stereocenters. The van der Waals surface area contributed by atoms with Gasteiger partial charge in [0.2, 0.25) is 0 Å². The Kier molecular flexibility index (Phi) is 3.69. The zero-order chi connectivity index (χ0) is 14.0. The molecular formula is C15H21NO3. The molecule has 1 aromatic carbocycles. The van der Waals surface area contributed by atoms with Gasteiger partial charge in [0.05, 0.1) is 26.5 Å². The van der Waals surface area contributed by atoms with Crippen LogP contribution in [0.2, 0.25) is 0 Å². The van der Waals surface area contributed by atoms with Crippen LogP contribution < -0.4 is 14.4 Å². The maximum atomic E-state index is 12.1. The highest BCUT2D eigenvalue weighted by molar-refractivity contribution is 5.90. The van der Waals surface area contributed by atoms with Crippen molar-refractivity contribution in [2.24, 2.45) is 5.41 Å². The lowest BCUT2D eigenvalue weighted by Crippen LogP contribution is -2.45. The smallest absolute Gasteiger partial charge is 0.157 e. The highest BCUT2D eigenvalue weighted by Gasteiger charge is 2.34. The van der Waals surface area contributed by atoms with Gasteiger partial charge in [-0.2, -0.15) is 0 Å². The molecule has 0 N–H and O–H groups in total. The van der Waals surface area contributed by atoms with E-state index < -0.39 is 0 Å². The Morgan fingerprint density at radius 2 is 1.95 bits per heavy atom. The summed E-state index contributed by atoms with van der Waals surface area (Å²) in [4.78, 5) is 14.2. The summed E-state index contributed by atoms with van der Waals surface area (Å²) >= 11 is 0. The lowest BCUT2D eigenvalue weighted by Gasteiger charge is -2.37. The van der Waals surface area contributed by atoms with E-state index in [1.807, 2.05) is 32.0 Å². The maximum Gasteiger partial charge on any atom is 0.157 e. The molecule has 19 heavy (non-hydrogen) atoms. The minimum Gasteiger partial charge on any atom is -0.497 e. The minimum absolute atomic E-state index is 0.220. The largest absolute Gasteiger partial charge is 0.497 e. The standard InChI is InChI=1S/C15H21NO3/c1-15(2)7-8-16(10-14(15)17)12-9-11(18-3)5-6-13(12)19-4/h5-6,9H,7-8,10H2,1-4H3. The van der Waals surface area contributed by atoms with Gasteiger partial charge in [-0.1, -0.05) is 13.8 Å². The van der Waals surface area contributed by atoms with E-state index in [1.165, 1.54) is 0 Å². The molecule has 1 aromatic rings. The van der Waals surface area contributed by atoms with Crippen molar-refractivity contribution in [3.8, 4) is 11.5 Å². The van der Waals surface area contributed by atoms with Crippen LogP contribution in [0.1, 0.15) is 20.3 Å². The molecule has 1 heterocycles. The van der Waals surface area contributed by atoms with Crippen molar-refractivity contribution < 1.29 is 14.3 Å². The van der Waals surface area contributed by atoms with Crippen LogP contribution in [0.25, 0.3) is 0 Å². The fourth-order valence-electron chi connectivity index (χ4n) is 2.27. The lowest BCUT2D eigenvalue weighted by molar-refractivity contribution is -0.127. The van der Waals surface area contributed by atoms with Crippen molar-refractivity contribution in [2.45, 2.75) is 20.3 Å². The van der Waals surface area contributed by atoms with Gasteiger partial charge in [0.15, 0.2) is 5.78 Å². The van der Waals surface area contributed by atoms with Gasteiger partial charge in [0, 0.05) is 18.0 Å². The number of ketones is 1. The number of ether oxygens (including phenoxy) is 2. The summed E-state index contributed by atoms with van der Waals surface area (Å²) in [5.74, 6) is 1.81. The van der Waals surface area contributed by atoms with Gasteiger partial charge < -0.3 is 14.4 Å². The Morgan fingerprint density at radius 3 is 2.53 bits per heavy atom. The van der Waals surface area contributed by atoms with E-state index in [9.17, 15) is 4.79 Å². The molecule has 0 spiro atoms. The number of carbonyl (C=O) groups is 1. The maximum absolute atomic E-state index is 12.1. The van der Waals surface area contributed by atoms with Crippen molar-refractivity contribution >= 4 is 11.5 Å². The number of rotatable bonds is 3. The van der Waals surface area contributed by atoms with Crippen LogP contribution in [0.15, 0.2) is 18.2 Å². The van der Waals surface area contributed by atoms with E-state index in [0.717, 1.165) is 30.2 Å². The van der Waals surface area contributed by atoms with Crippen molar-refractivity contribution in [2.75, 3.05) is 32.2 Å². The zero-order valence-corrected chi connectivity index (χ0v) is 12.0. The minimum atomic E-state index is -0.220. The molecule has 0 saturated carbocycles. The van der Waals surface area contributed by atoms with Crippen molar-refractivity contribution in [3.63, 3.8) is 0 Å². The number of Topliss-reactive ketones (excluding diaryl/α,β-unsaturated/α-hetero) is 1. The molecule has 1 fully saturated rings. The third kappa shape index (κ3) is 2.67. The van der Waals surface area contributed by atoms with Crippen LogP contribution in [0, 0.1) is 5.41 Å². The van der Waals surface area contributed by atoms with E-state index in [0.29, 0.717) is 6.54 Å². The number of hydrogen-bond acceptors (Lipinski definition) is 4. The lowest BCUT2D eigenvalue weighted by atomic mass is 9.81. The first-order valence-corrected chi connectivity index (χ1v) is 6.48. The molecule has 0 aromatic heterocycles. The first-order valence-electron chi connectivity index (χ1n) is 6.48. The van der Waals surface area contributed by atoms with Gasteiger partial charge in [-0.15, -0.1) is 0 Å². The number of methoxy groups -OCH3 is 2. The molecule has 0 bridgehead atoms. The van der Waals surface area contributed by atoms with Crippen molar-refractivity contribution in [1.29, 1.82) is 0 Å². The molecule has 0 aliphatic carbocycles. The Hall–Kier alpha value is -1.71. The average molecular weight is 263 g/mol. The number of anilines is 1. The second kappa shape index (κ2) is 5.11. The summed E-state index contributed by atoms with van der Waals surface area (Å²) in [7, 11) is 3.27. The van der Waals surface area contributed by atoms with E-state index in [2.05, 4.69) is 4.90 Å². The third-order valence-electron chi connectivity index (χ3n) is 3.82. The van der Waals surface area contributed by atoms with Crippen LogP contribution in [-0.2, 0) is 4.79 Å². The van der Waals surface area contributed by atoms with Gasteiger partial charge in [0.25, 0.3) is 0 Å². The summed E-state index contributed by atoms with van der Waals surface area (Å²) in [5, 5.41) is 0. The van der Waals surface area contributed by atoms with Gasteiger partial charge in [-0.3, -0.25) is 4.79 Å². The number of carbonyl (C=O) groups excluding carboxylic acids is 1. The molecule has 1 aliphatic heterocycles. The van der Waals surface area contributed by atoms with E-state index in [1.54, 1.807) is 14.2 Å². The molecule has 0 radical (unpaired) electrons. The van der Waals surface area contributed by atoms with Gasteiger partial charge in [-0.05, 0) is 18.6 Å². The molecule has 0 amide bonds. The molecule has 1 aliphatic rings. The van der Waals surface area contributed by atoms with E-state index >= 15 is 0 Å². The first kappa shape index (κ1) is 13.7. The summed E-state index contributed by atoms with van der Waals surface area (Å²) in [6, 6.07) is 5.65. The molecule has 4 nitrogen and oxygen atoms in total. The first-order chi connectivity index (χ1) is 8.97. The number of piperidine rings is 1. The topological polar surface area (TPSA) is 38.8 Å².